The number of hydrogen-bond acceptors (Lipinski definition) is 4. The van der Waals surface area contributed by atoms with Crippen LogP contribution in [0.25, 0.3) is 0 Å². The van der Waals surface area contributed by atoms with E-state index in [1.54, 1.807) is 24.3 Å². The largest absolute Gasteiger partial charge is 0.386 e. The van der Waals surface area contributed by atoms with Gasteiger partial charge in [0.05, 0.1) is 0 Å². The summed E-state index contributed by atoms with van der Waals surface area (Å²) in [6, 6.07) is 16.4. The first-order chi connectivity index (χ1) is 12.0. The Morgan fingerprint density at radius 2 is 1.92 bits per heavy atom. The number of aryl methyl sites for hydroxylation is 1. The van der Waals surface area contributed by atoms with E-state index in [1.807, 2.05) is 37.3 Å². The summed E-state index contributed by atoms with van der Waals surface area (Å²) >= 11 is 0. The molecule has 0 atom stereocenters. The Bertz CT molecular complexity index is 863. The van der Waals surface area contributed by atoms with Crippen LogP contribution in [0.2, 0.25) is 0 Å². The molecule has 5 nitrogen and oxygen atoms in total. The van der Waals surface area contributed by atoms with Crippen LogP contribution in [0.15, 0.2) is 60.3 Å². The second-order valence-corrected chi connectivity index (χ2v) is 5.57. The van der Waals surface area contributed by atoms with Gasteiger partial charge in [0, 0.05) is 24.0 Å². The predicted molar refractivity (Wildman–Crippen MR) is 96.8 cm³/mol. The smallest absolute Gasteiger partial charge is 0.267 e. The highest BCUT2D eigenvalue weighted by Gasteiger charge is 2.10. The zero-order chi connectivity index (χ0) is 18.2. The maximum atomic E-state index is 12.2. The van der Waals surface area contributed by atoms with Gasteiger partial charge in [-0.1, -0.05) is 36.4 Å². The van der Waals surface area contributed by atoms with Crippen LogP contribution in [-0.2, 0) is 11.3 Å². The molecule has 0 bridgehead atoms. The van der Waals surface area contributed by atoms with Crippen molar-refractivity contribution in [3.63, 3.8) is 0 Å². The summed E-state index contributed by atoms with van der Waals surface area (Å²) < 4.78 is 0. The van der Waals surface area contributed by atoms with Gasteiger partial charge in [0.1, 0.15) is 11.6 Å². The molecule has 0 saturated heterocycles. The van der Waals surface area contributed by atoms with Crippen LogP contribution >= 0.6 is 0 Å². The van der Waals surface area contributed by atoms with Crippen molar-refractivity contribution in [1.82, 2.24) is 5.32 Å². The molecule has 0 aliphatic rings. The molecule has 0 fully saturated rings. The number of nitrogens with zero attached hydrogens (tertiary/aromatic N) is 1. The van der Waals surface area contributed by atoms with E-state index >= 15 is 0 Å². The van der Waals surface area contributed by atoms with E-state index in [-0.39, 0.29) is 11.4 Å². The molecule has 2 aromatic rings. The maximum absolute atomic E-state index is 12.2. The molecule has 2 N–H and O–H groups in total. The van der Waals surface area contributed by atoms with Crippen molar-refractivity contribution in [3.05, 3.63) is 77.0 Å². The third-order valence-electron chi connectivity index (χ3n) is 3.69. The van der Waals surface area contributed by atoms with Gasteiger partial charge in [-0.15, -0.1) is 0 Å². The minimum absolute atomic E-state index is 0.0400. The molecule has 0 aromatic heterocycles. The highest BCUT2D eigenvalue weighted by molar-refractivity contribution is 6.07. The quantitative estimate of drug-likeness (QED) is 0.482. The summed E-state index contributed by atoms with van der Waals surface area (Å²) in [7, 11) is 0. The zero-order valence-electron chi connectivity index (χ0n) is 14.2. The predicted octanol–water partition coefficient (Wildman–Crippen LogP) is 3.33. The number of nitrogens with one attached hydrogen (secondary N) is 2. The highest BCUT2D eigenvalue weighted by atomic mass is 16.1. The molecule has 25 heavy (non-hydrogen) atoms. The van der Waals surface area contributed by atoms with Crippen molar-refractivity contribution in [2.45, 2.75) is 20.4 Å². The average Bonchev–Trinajstić information content (AvgIpc) is 2.60. The normalized spacial score (nSPS) is 10.7. The van der Waals surface area contributed by atoms with Crippen molar-refractivity contribution in [3.8, 4) is 6.07 Å². The molecule has 0 heterocycles. The molecule has 0 radical (unpaired) electrons. The van der Waals surface area contributed by atoms with E-state index in [2.05, 4.69) is 10.6 Å². The van der Waals surface area contributed by atoms with E-state index in [4.69, 9.17) is 0 Å². The Balaban J connectivity index is 2.03. The lowest BCUT2D eigenvalue weighted by molar-refractivity contribution is -0.112. The van der Waals surface area contributed by atoms with Gasteiger partial charge < -0.3 is 10.6 Å². The van der Waals surface area contributed by atoms with Crippen LogP contribution in [0.3, 0.4) is 0 Å². The van der Waals surface area contributed by atoms with E-state index in [1.165, 1.54) is 13.1 Å². The van der Waals surface area contributed by atoms with Crippen LogP contribution in [0.5, 0.6) is 0 Å². The molecular weight excluding hydrogens is 314 g/mol. The molecule has 1 amide bonds. The molecule has 5 heteroatoms. The summed E-state index contributed by atoms with van der Waals surface area (Å²) in [6.45, 7) is 3.97. The maximum Gasteiger partial charge on any atom is 0.267 e. The Hall–Kier alpha value is -3.39. The fourth-order valence-electron chi connectivity index (χ4n) is 2.23. The summed E-state index contributed by atoms with van der Waals surface area (Å²) in [5.41, 5.74) is 3.15. The van der Waals surface area contributed by atoms with Gasteiger partial charge in [0.2, 0.25) is 0 Å². The molecule has 0 saturated carbocycles. The van der Waals surface area contributed by atoms with Crippen molar-refractivity contribution >= 4 is 17.4 Å². The minimum atomic E-state index is -0.527. The van der Waals surface area contributed by atoms with Crippen LogP contribution in [0, 0.1) is 18.3 Å². The lowest BCUT2D eigenvalue weighted by Gasteiger charge is -2.07. The van der Waals surface area contributed by atoms with Gasteiger partial charge in [0.25, 0.3) is 5.91 Å². The Morgan fingerprint density at radius 1 is 1.16 bits per heavy atom. The Labute approximate surface area is 147 Å². The van der Waals surface area contributed by atoms with Crippen molar-refractivity contribution in [1.29, 1.82) is 5.26 Å². The Morgan fingerprint density at radius 3 is 2.60 bits per heavy atom. The van der Waals surface area contributed by atoms with Crippen LogP contribution in [-0.4, -0.2) is 11.7 Å². The first kappa shape index (κ1) is 18.0. The summed E-state index contributed by atoms with van der Waals surface area (Å²) in [4.78, 5) is 23.6. The van der Waals surface area contributed by atoms with E-state index < -0.39 is 5.91 Å². The second kappa shape index (κ2) is 8.46. The van der Waals surface area contributed by atoms with Gasteiger partial charge in [-0.05, 0) is 37.1 Å². The van der Waals surface area contributed by atoms with Gasteiger partial charge in [-0.3, -0.25) is 9.59 Å². The van der Waals surface area contributed by atoms with E-state index in [0.717, 1.165) is 11.1 Å². The molecule has 0 aliphatic carbocycles. The summed E-state index contributed by atoms with van der Waals surface area (Å²) in [5, 5.41) is 14.8. The highest BCUT2D eigenvalue weighted by Crippen LogP contribution is 2.12. The zero-order valence-corrected chi connectivity index (χ0v) is 14.2. The van der Waals surface area contributed by atoms with Crippen molar-refractivity contribution in [2.24, 2.45) is 0 Å². The van der Waals surface area contributed by atoms with Crippen LogP contribution < -0.4 is 10.6 Å². The molecule has 0 aliphatic heterocycles. The third-order valence-corrected chi connectivity index (χ3v) is 3.69. The number of anilines is 1. The fraction of sp³-hybridized carbons (Fsp3) is 0.150. The summed E-state index contributed by atoms with van der Waals surface area (Å²) in [6.07, 6.45) is 1.40. The number of ketones is 1. The van der Waals surface area contributed by atoms with Gasteiger partial charge in [-0.25, -0.2) is 0 Å². The first-order valence-corrected chi connectivity index (χ1v) is 7.82. The second-order valence-electron chi connectivity index (χ2n) is 5.57. The van der Waals surface area contributed by atoms with E-state index in [9.17, 15) is 14.9 Å². The number of nitriles is 1. The molecule has 0 unspecified atom stereocenters. The SMILES string of the molecule is CC(=O)c1cccc(NC(=O)/C(C#N)=C\NCc2ccccc2C)c1. The van der Waals surface area contributed by atoms with Gasteiger partial charge in [0.15, 0.2) is 5.78 Å². The van der Waals surface area contributed by atoms with E-state index in [0.29, 0.717) is 17.8 Å². The van der Waals surface area contributed by atoms with Crippen molar-refractivity contribution in [2.75, 3.05) is 5.32 Å². The monoisotopic (exact) mass is 333 g/mol. The number of amides is 1. The lowest BCUT2D eigenvalue weighted by atomic mass is 10.1. The molecule has 0 spiro atoms. The molecule has 2 rings (SSSR count). The molecular formula is C20H19N3O2. The average molecular weight is 333 g/mol. The fourth-order valence-corrected chi connectivity index (χ4v) is 2.23. The minimum Gasteiger partial charge on any atom is -0.386 e. The number of carbonyl (C=O) groups is 2. The number of rotatable bonds is 6. The topological polar surface area (TPSA) is 82.0 Å². The van der Waals surface area contributed by atoms with Crippen molar-refractivity contribution < 1.29 is 9.59 Å². The summed E-state index contributed by atoms with van der Waals surface area (Å²) in [5.74, 6) is -0.618. The number of Topliss-reactive ketones (excluding diaryl/α,β-unsaturated/α-hetero) is 1. The molecule has 126 valence electrons. The number of carbonyl (C=O) groups excluding carboxylic acids is 2. The third kappa shape index (κ3) is 5.05. The number of hydrogen-bond donors (Lipinski definition) is 2. The molecule has 2 aromatic carbocycles. The van der Waals surface area contributed by atoms with Gasteiger partial charge >= 0.3 is 0 Å². The van der Waals surface area contributed by atoms with Crippen LogP contribution in [0.4, 0.5) is 5.69 Å². The standard InChI is InChI=1S/C20H19N3O2/c1-14-6-3-4-7-17(14)12-22-13-18(11-21)20(25)23-19-9-5-8-16(10-19)15(2)24/h3-10,13,22H,12H2,1-2H3,(H,23,25)/b18-13-. The first-order valence-electron chi connectivity index (χ1n) is 7.82. The van der Waals surface area contributed by atoms with Gasteiger partial charge in [-0.2, -0.15) is 5.26 Å². The lowest BCUT2D eigenvalue weighted by Crippen LogP contribution is -2.17. The number of benzene rings is 2. The Kier molecular flexibility index (Phi) is 6.08. The van der Waals surface area contributed by atoms with Crippen LogP contribution in [0.1, 0.15) is 28.4 Å².